The summed E-state index contributed by atoms with van der Waals surface area (Å²) < 4.78 is 63.6. The summed E-state index contributed by atoms with van der Waals surface area (Å²) in [4.78, 5) is 31.1. The second kappa shape index (κ2) is 12.5. The largest absolute Gasteiger partial charge is 0.497 e. The van der Waals surface area contributed by atoms with Crippen LogP contribution >= 0.6 is 0 Å². The minimum atomic E-state index is -4.54. The molecule has 0 aromatic heterocycles. The first kappa shape index (κ1) is 33.0. The highest BCUT2D eigenvalue weighted by Gasteiger charge is 2.57. The van der Waals surface area contributed by atoms with Crippen LogP contribution in [0, 0.1) is 5.92 Å². The maximum atomic E-state index is 17.2. The maximum Gasteiger partial charge on any atom is 0.416 e. The molecule has 3 aliphatic rings. The topological polar surface area (TPSA) is 73.3 Å². The van der Waals surface area contributed by atoms with Crippen LogP contribution in [0.2, 0.25) is 0 Å². The fourth-order valence-electron chi connectivity index (χ4n) is 7.14. The molecular weight excluding hydrogens is 590 g/mol. The predicted octanol–water partition coefficient (Wildman–Crippen LogP) is 6.33. The molecule has 3 saturated heterocycles. The highest BCUT2D eigenvalue weighted by Crippen LogP contribution is 2.45. The van der Waals surface area contributed by atoms with Crippen molar-refractivity contribution in [2.45, 2.75) is 75.7 Å². The van der Waals surface area contributed by atoms with E-state index in [1.807, 2.05) is 37.8 Å². The van der Waals surface area contributed by atoms with Gasteiger partial charge in [-0.15, -0.1) is 0 Å². The summed E-state index contributed by atoms with van der Waals surface area (Å²) in [6, 6.07) is 10.9. The van der Waals surface area contributed by atoms with Crippen LogP contribution in [0.15, 0.2) is 42.5 Å². The van der Waals surface area contributed by atoms with Gasteiger partial charge in [0.15, 0.2) is 0 Å². The lowest BCUT2D eigenvalue weighted by Gasteiger charge is -2.39. The lowest BCUT2D eigenvalue weighted by Crippen LogP contribution is -2.53. The minimum absolute atomic E-state index is 0.0330. The van der Waals surface area contributed by atoms with Crippen LogP contribution < -0.4 is 9.64 Å². The number of hydrogen-bond donors (Lipinski definition) is 1. The summed E-state index contributed by atoms with van der Waals surface area (Å²) >= 11 is 0. The number of likely N-dealkylation sites (tertiary alicyclic amines) is 2. The number of benzene rings is 2. The summed E-state index contributed by atoms with van der Waals surface area (Å²) in [5, 5.41) is 9.59. The van der Waals surface area contributed by atoms with Gasteiger partial charge in [0.1, 0.15) is 5.75 Å². The highest BCUT2D eigenvalue weighted by molar-refractivity contribution is 5.87. The Bertz CT molecular complexity index is 1390. The third kappa shape index (κ3) is 6.78. The summed E-state index contributed by atoms with van der Waals surface area (Å²) in [7, 11) is 1.56. The van der Waals surface area contributed by atoms with Crippen molar-refractivity contribution >= 4 is 17.6 Å². The molecule has 3 heterocycles. The normalized spacial score (nSPS) is 25.4. The number of carbonyl (C=O) groups is 2. The van der Waals surface area contributed by atoms with Crippen molar-refractivity contribution in [1.82, 2.24) is 9.80 Å². The van der Waals surface area contributed by atoms with Gasteiger partial charge in [-0.05, 0) is 87.8 Å². The van der Waals surface area contributed by atoms with Gasteiger partial charge in [0.05, 0.1) is 18.6 Å². The molecule has 3 fully saturated rings. The van der Waals surface area contributed by atoms with E-state index >= 15 is 4.39 Å². The van der Waals surface area contributed by atoms with Crippen LogP contribution in [-0.2, 0) is 15.8 Å². The van der Waals surface area contributed by atoms with E-state index in [1.54, 1.807) is 29.0 Å². The molecule has 0 saturated carbocycles. The molecule has 1 amide bonds. The van der Waals surface area contributed by atoms with Crippen LogP contribution in [0.4, 0.5) is 23.2 Å². The lowest BCUT2D eigenvalue weighted by molar-refractivity contribution is -0.145. The molecule has 11 heteroatoms. The molecule has 3 atom stereocenters. The molecule has 7 nitrogen and oxygen atoms in total. The third-order valence-corrected chi connectivity index (χ3v) is 9.89. The van der Waals surface area contributed by atoms with E-state index in [0.717, 1.165) is 17.7 Å². The maximum absolute atomic E-state index is 17.2. The van der Waals surface area contributed by atoms with Crippen molar-refractivity contribution in [3.63, 3.8) is 0 Å². The van der Waals surface area contributed by atoms with Gasteiger partial charge < -0.3 is 19.6 Å². The Hall–Kier alpha value is -3.34. The lowest BCUT2D eigenvalue weighted by atomic mass is 9.83. The molecule has 0 bridgehead atoms. The zero-order valence-electron chi connectivity index (χ0n) is 26.4. The van der Waals surface area contributed by atoms with Crippen molar-refractivity contribution in [2.75, 3.05) is 51.3 Å². The smallest absolute Gasteiger partial charge is 0.416 e. The SMILES string of the molecule is COc1ccc([C@@H]2CN(C(C)(C)C)C[C@@]2(F)C(=O)N2CCC(c3ccc(C(F)(F)F)cc3N3CCC[C@@H](C(=O)O)C3)CC2)cc1. The Morgan fingerprint density at radius 3 is 2.20 bits per heavy atom. The van der Waals surface area contributed by atoms with Crippen molar-refractivity contribution < 1.29 is 37.0 Å². The number of rotatable bonds is 6. The molecular formula is C34H43F4N3O4. The van der Waals surface area contributed by atoms with E-state index in [1.165, 1.54) is 6.07 Å². The summed E-state index contributed by atoms with van der Waals surface area (Å²) in [6.45, 7) is 7.52. The number of carbonyl (C=O) groups excluding carboxylic acids is 1. The summed E-state index contributed by atoms with van der Waals surface area (Å²) in [5.74, 6) is -2.34. The molecule has 5 rings (SSSR count). The molecule has 3 aliphatic heterocycles. The van der Waals surface area contributed by atoms with E-state index in [2.05, 4.69) is 0 Å². The molecule has 0 unspecified atom stereocenters. The first-order valence-corrected chi connectivity index (χ1v) is 15.7. The average Bonchev–Trinajstić information content (AvgIpc) is 3.39. The number of amides is 1. The van der Waals surface area contributed by atoms with Gasteiger partial charge in [0.25, 0.3) is 5.91 Å². The number of methoxy groups -OCH3 is 1. The summed E-state index contributed by atoms with van der Waals surface area (Å²) in [6.07, 6.45) is -2.56. The van der Waals surface area contributed by atoms with E-state index < -0.39 is 41.1 Å². The van der Waals surface area contributed by atoms with Crippen molar-refractivity contribution in [1.29, 1.82) is 0 Å². The number of aliphatic carboxylic acids is 1. The monoisotopic (exact) mass is 633 g/mol. The Kier molecular flexibility index (Phi) is 9.14. The molecule has 45 heavy (non-hydrogen) atoms. The van der Waals surface area contributed by atoms with E-state index in [-0.39, 0.29) is 37.6 Å². The van der Waals surface area contributed by atoms with Crippen LogP contribution in [0.3, 0.4) is 0 Å². The zero-order chi connectivity index (χ0) is 32.7. The molecule has 2 aromatic carbocycles. The number of carboxylic acids is 1. The van der Waals surface area contributed by atoms with Crippen molar-refractivity contribution in [3.8, 4) is 5.75 Å². The number of piperidine rings is 2. The fraction of sp³-hybridized carbons (Fsp3) is 0.588. The van der Waals surface area contributed by atoms with Crippen LogP contribution in [0.25, 0.3) is 0 Å². The van der Waals surface area contributed by atoms with Crippen molar-refractivity contribution in [3.05, 3.63) is 59.2 Å². The Morgan fingerprint density at radius 2 is 1.62 bits per heavy atom. The molecule has 246 valence electrons. The molecule has 0 radical (unpaired) electrons. The quantitative estimate of drug-likeness (QED) is 0.375. The first-order valence-electron chi connectivity index (χ1n) is 15.7. The summed E-state index contributed by atoms with van der Waals surface area (Å²) in [5.41, 5.74) is -1.43. The molecule has 0 spiro atoms. The molecule has 2 aromatic rings. The van der Waals surface area contributed by atoms with E-state index in [0.29, 0.717) is 55.8 Å². The van der Waals surface area contributed by atoms with Crippen LogP contribution in [0.1, 0.15) is 75.0 Å². The second-order valence-corrected chi connectivity index (χ2v) is 13.7. The van der Waals surface area contributed by atoms with Crippen LogP contribution in [-0.4, -0.2) is 84.4 Å². The van der Waals surface area contributed by atoms with Gasteiger partial charge in [-0.2, -0.15) is 13.2 Å². The fourth-order valence-corrected chi connectivity index (χ4v) is 7.14. The Balaban J connectivity index is 1.37. The number of carboxylic acid groups (broad SMARTS) is 1. The van der Waals surface area contributed by atoms with Crippen molar-refractivity contribution in [2.24, 2.45) is 5.92 Å². The number of anilines is 1. The highest BCUT2D eigenvalue weighted by atomic mass is 19.4. The first-order chi connectivity index (χ1) is 21.1. The van der Waals surface area contributed by atoms with Gasteiger partial charge >= 0.3 is 12.1 Å². The standard InChI is InChI=1S/C34H43F4N3O4/c1-32(2,3)41-20-28(23-7-10-26(45-4)11-8-23)33(35,21-41)31(44)39-16-13-22(14-17-39)27-12-9-25(34(36,37)38)18-29(27)40-15-5-6-24(19-40)30(42)43/h7-12,18,22,24,28H,5-6,13-17,19-21H2,1-4H3,(H,42,43)/t24-,28+,33+/m1/s1. The van der Waals surface area contributed by atoms with Gasteiger partial charge in [-0.1, -0.05) is 18.2 Å². The van der Waals surface area contributed by atoms with Gasteiger partial charge in [-0.3, -0.25) is 14.5 Å². The van der Waals surface area contributed by atoms with Crippen LogP contribution in [0.5, 0.6) is 5.75 Å². The zero-order valence-corrected chi connectivity index (χ0v) is 26.4. The Labute approximate surface area is 262 Å². The number of halogens is 4. The van der Waals surface area contributed by atoms with E-state index in [4.69, 9.17) is 4.74 Å². The number of nitrogens with zero attached hydrogens (tertiary/aromatic N) is 3. The van der Waals surface area contributed by atoms with Gasteiger partial charge in [0.2, 0.25) is 5.67 Å². The third-order valence-electron chi connectivity index (χ3n) is 9.89. The number of hydrogen-bond acceptors (Lipinski definition) is 5. The average molecular weight is 634 g/mol. The second-order valence-electron chi connectivity index (χ2n) is 13.7. The van der Waals surface area contributed by atoms with E-state index in [9.17, 15) is 27.9 Å². The Morgan fingerprint density at radius 1 is 0.956 bits per heavy atom. The van der Waals surface area contributed by atoms with Gasteiger partial charge in [0, 0.05) is 56.4 Å². The molecule has 0 aliphatic carbocycles. The molecule has 1 N–H and O–H groups in total. The minimum Gasteiger partial charge on any atom is -0.497 e. The van der Waals surface area contributed by atoms with Gasteiger partial charge in [-0.25, -0.2) is 4.39 Å². The predicted molar refractivity (Wildman–Crippen MR) is 163 cm³/mol. The number of alkyl halides is 4. The number of ether oxygens (including phenoxy) is 1.